The predicted octanol–water partition coefficient (Wildman–Crippen LogP) is 3.22. The number of rotatable bonds is 4. The summed E-state index contributed by atoms with van der Waals surface area (Å²) >= 11 is 0. The Morgan fingerprint density at radius 1 is 1.26 bits per heavy atom. The van der Waals surface area contributed by atoms with Gasteiger partial charge in [0, 0.05) is 12.6 Å². The molecule has 19 heavy (non-hydrogen) atoms. The van der Waals surface area contributed by atoms with Crippen LogP contribution >= 0.6 is 0 Å². The average Bonchev–Trinajstić information content (AvgIpc) is 2.63. The summed E-state index contributed by atoms with van der Waals surface area (Å²) in [4.78, 5) is 0. The summed E-state index contributed by atoms with van der Waals surface area (Å²) in [6, 6.07) is 8.65. The van der Waals surface area contributed by atoms with Gasteiger partial charge in [0.25, 0.3) is 0 Å². The third-order valence-corrected chi connectivity index (χ3v) is 3.52. The van der Waals surface area contributed by atoms with E-state index in [-0.39, 0.29) is 0 Å². The molecule has 0 radical (unpaired) electrons. The molecule has 1 aromatic heterocycles. The van der Waals surface area contributed by atoms with Crippen LogP contribution in [0.25, 0.3) is 0 Å². The van der Waals surface area contributed by atoms with Crippen LogP contribution in [0.5, 0.6) is 0 Å². The fourth-order valence-corrected chi connectivity index (χ4v) is 2.56. The lowest BCUT2D eigenvalue weighted by Gasteiger charge is -2.07. The Labute approximate surface area is 115 Å². The van der Waals surface area contributed by atoms with Crippen LogP contribution in [0.15, 0.2) is 24.3 Å². The maximum Gasteiger partial charge on any atom is 0.125 e. The average molecular weight is 257 g/mol. The van der Waals surface area contributed by atoms with Crippen molar-refractivity contribution in [3.63, 3.8) is 0 Å². The lowest BCUT2D eigenvalue weighted by molar-refractivity contribution is 0.744. The molecule has 0 amide bonds. The number of benzene rings is 1. The lowest BCUT2D eigenvalue weighted by atomic mass is 9.98. The van der Waals surface area contributed by atoms with E-state index >= 15 is 0 Å². The molecule has 2 N–H and O–H groups in total. The molecule has 2 rings (SSSR count). The first-order valence-electron chi connectivity index (χ1n) is 6.85. The van der Waals surface area contributed by atoms with Gasteiger partial charge in [0.15, 0.2) is 0 Å². The van der Waals surface area contributed by atoms with Gasteiger partial charge in [0.1, 0.15) is 5.82 Å². The zero-order chi connectivity index (χ0) is 14.0. The Bertz CT molecular complexity index is 567. The number of nitrogen functional groups attached to an aromatic ring is 1. The number of aromatic nitrogens is 2. The van der Waals surface area contributed by atoms with Gasteiger partial charge < -0.3 is 5.73 Å². The number of hydrogen-bond acceptors (Lipinski definition) is 2. The molecule has 0 atom stereocenters. The maximum atomic E-state index is 6.10. The van der Waals surface area contributed by atoms with Gasteiger partial charge in [0.2, 0.25) is 0 Å². The molecule has 0 aliphatic heterocycles. The Morgan fingerprint density at radius 2 is 2.00 bits per heavy atom. The molecule has 1 aromatic carbocycles. The van der Waals surface area contributed by atoms with Gasteiger partial charge in [-0.15, -0.1) is 0 Å². The molecule has 102 valence electrons. The summed E-state index contributed by atoms with van der Waals surface area (Å²) in [6.07, 6.45) is 1.96. The molecule has 3 heteroatoms. The fourth-order valence-electron chi connectivity index (χ4n) is 2.56. The molecule has 0 spiro atoms. The van der Waals surface area contributed by atoms with Crippen molar-refractivity contribution in [2.24, 2.45) is 7.05 Å². The van der Waals surface area contributed by atoms with Crippen LogP contribution in [-0.4, -0.2) is 9.78 Å². The molecule has 0 saturated heterocycles. The smallest absolute Gasteiger partial charge is 0.125 e. The molecule has 0 bridgehead atoms. The van der Waals surface area contributed by atoms with Crippen molar-refractivity contribution in [2.75, 3.05) is 5.73 Å². The zero-order valence-electron chi connectivity index (χ0n) is 12.3. The normalized spacial score (nSPS) is 11.2. The van der Waals surface area contributed by atoms with Gasteiger partial charge >= 0.3 is 0 Å². The molecule has 2 aromatic rings. The van der Waals surface area contributed by atoms with Crippen molar-refractivity contribution in [1.29, 1.82) is 0 Å². The topological polar surface area (TPSA) is 43.8 Å². The van der Waals surface area contributed by atoms with E-state index < -0.39 is 0 Å². The second-order valence-corrected chi connectivity index (χ2v) is 5.51. The molecule has 0 aliphatic rings. The third kappa shape index (κ3) is 2.98. The highest BCUT2D eigenvalue weighted by molar-refractivity contribution is 5.45. The second kappa shape index (κ2) is 5.47. The lowest BCUT2D eigenvalue weighted by Crippen LogP contribution is -2.00. The highest BCUT2D eigenvalue weighted by atomic mass is 15.3. The summed E-state index contributed by atoms with van der Waals surface area (Å²) in [6.45, 7) is 6.47. The standard InChI is InChI=1S/C16H23N3/c1-11(2)15-14(18-19(4)16(15)17)9-8-13-7-5-6-12(3)10-13/h5-7,10-11H,8-9,17H2,1-4H3. The monoisotopic (exact) mass is 257 g/mol. The highest BCUT2D eigenvalue weighted by Crippen LogP contribution is 2.26. The maximum absolute atomic E-state index is 6.10. The van der Waals surface area contributed by atoms with E-state index in [2.05, 4.69) is 50.1 Å². The number of anilines is 1. The highest BCUT2D eigenvalue weighted by Gasteiger charge is 2.16. The largest absolute Gasteiger partial charge is 0.384 e. The van der Waals surface area contributed by atoms with Crippen LogP contribution in [-0.2, 0) is 19.9 Å². The van der Waals surface area contributed by atoms with Crippen molar-refractivity contribution in [3.05, 3.63) is 46.6 Å². The quantitative estimate of drug-likeness (QED) is 0.914. The van der Waals surface area contributed by atoms with Gasteiger partial charge in [-0.25, -0.2) is 0 Å². The van der Waals surface area contributed by atoms with Crippen molar-refractivity contribution in [2.45, 2.75) is 39.5 Å². The van der Waals surface area contributed by atoms with Gasteiger partial charge in [-0.2, -0.15) is 5.10 Å². The molecule has 1 heterocycles. The van der Waals surface area contributed by atoms with Crippen molar-refractivity contribution < 1.29 is 0 Å². The van der Waals surface area contributed by atoms with E-state index in [1.165, 1.54) is 16.7 Å². The first kappa shape index (κ1) is 13.7. The molecule has 0 aliphatic carbocycles. The summed E-state index contributed by atoms with van der Waals surface area (Å²) in [5, 5.41) is 4.56. The molecule has 0 saturated carbocycles. The third-order valence-electron chi connectivity index (χ3n) is 3.52. The van der Waals surface area contributed by atoms with Gasteiger partial charge in [-0.05, 0) is 31.2 Å². The minimum atomic E-state index is 0.418. The van der Waals surface area contributed by atoms with Crippen molar-refractivity contribution in [3.8, 4) is 0 Å². The predicted molar refractivity (Wildman–Crippen MR) is 80.3 cm³/mol. The Morgan fingerprint density at radius 3 is 2.63 bits per heavy atom. The van der Waals surface area contributed by atoms with E-state index in [1.807, 2.05) is 7.05 Å². The van der Waals surface area contributed by atoms with Crippen molar-refractivity contribution >= 4 is 5.82 Å². The SMILES string of the molecule is Cc1cccc(CCc2nn(C)c(N)c2C(C)C)c1. The molecule has 3 nitrogen and oxygen atoms in total. The second-order valence-electron chi connectivity index (χ2n) is 5.51. The summed E-state index contributed by atoms with van der Waals surface area (Å²) in [5.41, 5.74) is 11.1. The minimum Gasteiger partial charge on any atom is -0.384 e. The zero-order valence-corrected chi connectivity index (χ0v) is 12.3. The Hall–Kier alpha value is -1.77. The Kier molecular flexibility index (Phi) is 3.93. The van der Waals surface area contributed by atoms with Gasteiger partial charge in [0.05, 0.1) is 5.69 Å². The van der Waals surface area contributed by atoms with E-state index in [0.29, 0.717) is 5.92 Å². The molecular weight excluding hydrogens is 234 g/mol. The van der Waals surface area contributed by atoms with Crippen LogP contribution in [0, 0.1) is 6.92 Å². The van der Waals surface area contributed by atoms with E-state index in [1.54, 1.807) is 4.68 Å². The fraction of sp³-hybridized carbons (Fsp3) is 0.438. The van der Waals surface area contributed by atoms with Gasteiger partial charge in [-0.3, -0.25) is 4.68 Å². The van der Waals surface area contributed by atoms with Crippen LogP contribution < -0.4 is 5.73 Å². The van der Waals surface area contributed by atoms with Crippen molar-refractivity contribution in [1.82, 2.24) is 9.78 Å². The van der Waals surface area contributed by atoms with E-state index in [9.17, 15) is 0 Å². The first-order valence-corrected chi connectivity index (χ1v) is 6.85. The number of nitrogens with zero attached hydrogens (tertiary/aromatic N) is 2. The number of aryl methyl sites for hydroxylation is 4. The Balaban J connectivity index is 2.18. The summed E-state index contributed by atoms with van der Waals surface area (Å²) in [7, 11) is 1.91. The molecule has 0 unspecified atom stereocenters. The molecular formula is C16H23N3. The van der Waals surface area contributed by atoms with Crippen LogP contribution in [0.4, 0.5) is 5.82 Å². The van der Waals surface area contributed by atoms with Crippen LogP contribution in [0.1, 0.15) is 42.1 Å². The van der Waals surface area contributed by atoms with Crippen LogP contribution in [0.3, 0.4) is 0 Å². The summed E-state index contributed by atoms with van der Waals surface area (Å²) < 4.78 is 1.79. The van der Waals surface area contributed by atoms with E-state index in [4.69, 9.17) is 5.73 Å². The minimum absolute atomic E-state index is 0.418. The first-order chi connectivity index (χ1) is 8.99. The molecule has 0 fully saturated rings. The number of nitrogens with two attached hydrogens (primary N) is 1. The van der Waals surface area contributed by atoms with Gasteiger partial charge in [-0.1, -0.05) is 43.7 Å². The van der Waals surface area contributed by atoms with E-state index in [0.717, 1.165) is 24.4 Å². The number of hydrogen-bond donors (Lipinski definition) is 1. The van der Waals surface area contributed by atoms with Crippen LogP contribution in [0.2, 0.25) is 0 Å². The summed E-state index contributed by atoms with van der Waals surface area (Å²) in [5.74, 6) is 1.22.